The normalized spacial score (nSPS) is 13.5. The van der Waals surface area contributed by atoms with Gasteiger partial charge in [0.2, 0.25) is 0 Å². The molecule has 24 heavy (non-hydrogen) atoms. The average Bonchev–Trinajstić information content (AvgIpc) is 3.43. The van der Waals surface area contributed by atoms with Crippen LogP contribution in [0.4, 0.5) is 0 Å². The van der Waals surface area contributed by atoms with Crippen molar-refractivity contribution in [3.8, 4) is 22.6 Å². The third kappa shape index (κ3) is 3.53. The molecule has 0 aliphatic heterocycles. The predicted molar refractivity (Wildman–Crippen MR) is 92.7 cm³/mol. The average molecular weight is 326 g/mol. The molecule has 0 unspecified atom stereocenters. The Morgan fingerprint density at radius 1 is 1.12 bits per heavy atom. The zero-order valence-corrected chi connectivity index (χ0v) is 14.3. The SMILES string of the molecule is COC(=O)c1cc(-c2ccc(OC)cc2C)ccc1OCC1CC1. The van der Waals surface area contributed by atoms with Crippen molar-refractivity contribution in [2.45, 2.75) is 19.8 Å². The van der Waals surface area contributed by atoms with Gasteiger partial charge in [-0.3, -0.25) is 0 Å². The molecule has 0 N–H and O–H groups in total. The van der Waals surface area contributed by atoms with Crippen LogP contribution < -0.4 is 9.47 Å². The minimum absolute atomic E-state index is 0.381. The number of esters is 1. The molecule has 0 amide bonds. The number of hydrogen-bond donors (Lipinski definition) is 0. The first-order chi connectivity index (χ1) is 11.6. The van der Waals surface area contributed by atoms with E-state index in [0.717, 1.165) is 22.4 Å². The van der Waals surface area contributed by atoms with Gasteiger partial charge in [0.15, 0.2) is 0 Å². The molecule has 0 heterocycles. The lowest BCUT2D eigenvalue weighted by Crippen LogP contribution is -2.08. The molecule has 1 fully saturated rings. The first-order valence-corrected chi connectivity index (χ1v) is 8.12. The lowest BCUT2D eigenvalue weighted by atomic mass is 9.98. The quantitative estimate of drug-likeness (QED) is 0.745. The fourth-order valence-corrected chi connectivity index (χ4v) is 2.67. The van der Waals surface area contributed by atoms with Gasteiger partial charge >= 0.3 is 5.97 Å². The van der Waals surface area contributed by atoms with Crippen molar-refractivity contribution in [2.24, 2.45) is 5.92 Å². The zero-order valence-electron chi connectivity index (χ0n) is 14.3. The second kappa shape index (κ2) is 6.95. The zero-order chi connectivity index (χ0) is 17.1. The number of aryl methyl sites for hydroxylation is 1. The Bertz CT molecular complexity index is 747. The van der Waals surface area contributed by atoms with Crippen molar-refractivity contribution in [3.63, 3.8) is 0 Å². The maximum atomic E-state index is 12.1. The van der Waals surface area contributed by atoms with Crippen LogP contribution in [0.25, 0.3) is 11.1 Å². The Morgan fingerprint density at radius 3 is 2.54 bits per heavy atom. The van der Waals surface area contributed by atoms with Crippen LogP contribution in [0, 0.1) is 12.8 Å². The first-order valence-electron chi connectivity index (χ1n) is 8.12. The molecule has 1 saturated carbocycles. The van der Waals surface area contributed by atoms with E-state index in [2.05, 4.69) is 0 Å². The molecular weight excluding hydrogens is 304 g/mol. The second-order valence-electron chi connectivity index (χ2n) is 6.14. The standard InChI is InChI=1S/C20H22O4/c1-13-10-16(22-2)7-8-17(13)15-6-9-19(24-12-14-4-5-14)18(11-15)20(21)23-3/h6-11,14H,4-5,12H2,1-3H3. The van der Waals surface area contributed by atoms with Gasteiger partial charge in [0.05, 0.1) is 20.8 Å². The minimum Gasteiger partial charge on any atom is -0.497 e. The van der Waals surface area contributed by atoms with E-state index < -0.39 is 0 Å². The number of carbonyl (C=O) groups excluding carboxylic acids is 1. The van der Waals surface area contributed by atoms with Crippen LogP contribution in [-0.2, 0) is 4.74 Å². The molecule has 0 bridgehead atoms. The number of rotatable bonds is 6. The van der Waals surface area contributed by atoms with Crippen LogP contribution in [0.2, 0.25) is 0 Å². The van der Waals surface area contributed by atoms with Gasteiger partial charge < -0.3 is 14.2 Å². The molecule has 0 aromatic heterocycles. The molecule has 1 aliphatic carbocycles. The van der Waals surface area contributed by atoms with Crippen molar-refractivity contribution in [2.75, 3.05) is 20.8 Å². The van der Waals surface area contributed by atoms with E-state index in [4.69, 9.17) is 14.2 Å². The van der Waals surface area contributed by atoms with Gasteiger partial charge in [-0.2, -0.15) is 0 Å². The smallest absolute Gasteiger partial charge is 0.341 e. The summed E-state index contributed by atoms with van der Waals surface area (Å²) in [5.74, 6) is 1.64. The number of methoxy groups -OCH3 is 2. The third-order valence-electron chi connectivity index (χ3n) is 4.30. The summed E-state index contributed by atoms with van der Waals surface area (Å²) in [6.07, 6.45) is 2.41. The van der Waals surface area contributed by atoms with E-state index in [0.29, 0.717) is 23.8 Å². The Morgan fingerprint density at radius 2 is 1.92 bits per heavy atom. The molecule has 3 rings (SSSR count). The third-order valence-corrected chi connectivity index (χ3v) is 4.30. The summed E-state index contributed by atoms with van der Waals surface area (Å²) in [7, 11) is 3.04. The van der Waals surface area contributed by atoms with Crippen molar-refractivity contribution < 1.29 is 19.0 Å². The Labute approximate surface area is 142 Å². The molecular formula is C20H22O4. The highest BCUT2D eigenvalue weighted by Crippen LogP contribution is 2.33. The molecule has 2 aromatic rings. The Balaban J connectivity index is 1.95. The molecule has 1 aliphatic rings. The number of benzene rings is 2. The molecule has 0 atom stereocenters. The molecule has 4 nitrogen and oxygen atoms in total. The summed E-state index contributed by atoms with van der Waals surface area (Å²) in [5.41, 5.74) is 3.55. The second-order valence-corrected chi connectivity index (χ2v) is 6.14. The van der Waals surface area contributed by atoms with Crippen molar-refractivity contribution in [1.82, 2.24) is 0 Å². The molecule has 0 radical (unpaired) electrons. The van der Waals surface area contributed by atoms with Crippen molar-refractivity contribution >= 4 is 5.97 Å². The van der Waals surface area contributed by atoms with Crippen LogP contribution in [-0.4, -0.2) is 26.8 Å². The van der Waals surface area contributed by atoms with Gasteiger partial charge in [-0.15, -0.1) is 0 Å². The van der Waals surface area contributed by atoms with Crippen LogP contribution in [0.5, 0.6) is 11.5 Å². The van der Waals surface area contributed by atoms with Gasteiger partial charge in [-0.25, -0.2) is 4.79 Å². The molecule has 2 aromatic carbocycles. The predicted octanol–water partition coefficient (Wildman–Crippen LogP) is 4.25. The molecule has 0 saturated heterocycles. The highest BCUT2D eigenvalue weighted by molar-refractivity contribution is 5.94. The van der Waals surface area contributed by atoms with Gasteiger partial charge in [-0.05, 0) is 66.6 Å². The summed E-state index contributed by atoms with van der Waals surface area (Å²) in [5, 5.41) is 0. The van der Waals surface area contributed by atoms with Crippen LogP contribution in [0.3, 0.4) is 0 Å². The van der Waals surface area contributed by atoms with E-state index in [1.807, 2.05) is 43.3 Å². The minimum atomic E-state index is -0.381. The fraction of sp³-hybridized carbons (Fsp3) is 0.350. The summed E-state index contributed by atoms with van der Waals surface area (Å²) in [4.78, 5) is 12.1. The topological polar surface area (TPSA) is 44.8 Å². The Kier molecular flexibility index (Phi) is 4.74. The van der Waals surface area contributed by atoms with E-state index in [1.165, 1.54) is 20.0 Å². The summed E-state index contributed by atoms with van der Waals surface area (Å²) < 4.78 is 16.0. The maximum Gasteiger partial charge on any atom is 0.341 e. The number of carbonyl (C=O) groups is 1. The van der Waals surface area contributed by atoms with Crippen LogP contribution in [0.1, 0.15) is 28.8 Å². The van der Waals surface area contributed by atoms with E-state index in [-0.39, 0.29) is 5.97 Å². The summed E-state index contributed by atoms with van der Waals surface area (Å²) >= 11 is 0. The highest BCUT2D eigenvalue weighted by Gasteiger charge is 2.23. The van der Waals surface area contributed by atoms with E-state index in [9.17, 15) is 4.79 Å². The Hall–Kier alpha value is -2.49. The van der Waals surface area contributed by atoms with Crippen LogP contribution >= 0.6 is 0 Å². The molecule has 126 valence electrons. The van der Waals surface area contributed by atoms with Gasteiger partial charge in [0.25, 0.3) is 0 Å². The van der Waals surface area contributed by atoms with Gasteiger partial charge in [0.1, 0.15) is 17.1 Å². The van der Waals surface area contributed by atoms with Crippen molar-refractivity contribution in [1.29, 1.82) is 0 Å². The highest BCUT2D eigenvalue weighted by atomic mass is 16.5. The van der Waals surface area contributed by atoms with E-state index in [1.54, 1.807) is 7.11 Å². The molecule has 0 spiro atoms. The summed E-state index contributed by atoms with van der Waals surface area (Å²) in [6.45, 7) is 2.68. The van der Waals surface area contributed by atoms with E-state index >= 15 is 0 Å². The lowest BCUT2D eigenvalue weighted by Gasteiger charge is -2.13. The van der Waals surface area contributed by atoms with Crippen LogP contribution in [0.15, 0.2) is 36.4 Å². The van der Waals surface area contributed by atoms with Gasteiger partial charge in [0, 0.05) is 0 Å². The number of hydrogen-bond acceptors (Lipinski definition) is 4. The fourth-order valence-electron chi connectivity index (χ4n) is 2.67. The largest absolute Gasteiger partial charge is 0.497 e. The van der Waals surface area contributed by atoms with Gasteiger partial charge in [-0.1, -0.05) is 12.1 Å². The molecule has 4 heteroatoms. The maximum absolute atomic E-state index is 12.1. The summed E-state index contributed by atoms with van der Waals surface area (Å²) in [6, 6.07) is 11.6. The van der Waals surface area contributed by atoms with Crippen molar-refractivity contribution in [3.05, 3.63) is 47.5 Å². The number of ether oxygens (including phenoxy) is 3. The lowest BCUT2D eigenvalue weighted by molar-refractivity contribution is 0.0596. The first kappa shape index (κ1) is 16.4. The monoisotopic (exact) mass is 326 g/mol.